The van der Waals surface area contributed by atoms with Crippen molar-refractivity contribution in [2.75, 3.05) is 32.4 Å². The second-order valence-corrected chi connectivity index (χ2v) is 6.75. The van der Waals surface area contributed by atoms with Gasteiger partial charge in [-0.25, -0.2) is 8.78 Å². The average molecular weight is 389 g/mol. The van der Waals surface area contributed by atoms with E-state index >= 15 is 0 Å². The van der Waals surface area contributed by atoms with Crippen molar-refractivity contribution in [1.29, 1.82) is 0 Å². The zero-order valence-corrected chi connectivity index (χ0v) is 16.2. The minimum absolute atomic E-state index is 0.0363. The molecule has 4 nitrogen and oxygen atoms in total. The predicted molar refractivity (Wildman–Crippen MR) is 108 cm³/mol. The van der Waals surface area contributed by atoms with Gasteiger partial charge in [0, 0.05) is 55.9 Å². The number of benzene rings is 2. The molecule has 1 aliphatic rings. The maximum atomic E-state index is 14.1. The molecule has 0 bridgehead atoms. The van der Waals surface area contributed by atoms with E-state index in [2.05, 4.69) is 28.5 Å². The summed E-state index contributed by atoms with van der Waals surface area (Å²) in [7, 11) is 5.95. The highest BCUT2D eigenvalue weighted by Crippen LogP contribution is 2.36. The molecule has 1 aliphatic heterocycles. The van der Waals surface area contributed by atoms with Gasteiger partial charge in [-0.05, 0) is 36.4 Å². The molecule has 1 N–H and O–H groups in total. The van der Waals surface area contributed by atoms with Crippen LogP contribution in [0.15, 0.2) is 54.4 Å². The van der Waals surface area contributed by atoms with E-state index in [1.165, 1.54) is 12.1 Å². The van der Waals surface area contributed by atoms with Crippen molar-refractivity contribution in [3.05, 3.63) is 71.6 Å². The van der Waals surface area contributed by atoms with E-state index in [4.69, 9.17) is 4.74 Å². The lowest BCUT2D eigenvalue weighted by atomic mass is 10.0. The highest BCUT2D eigenvalue weighted by Gasteiger charge is 2.17. The Labute approximate surface area is 163 Å². The number of anilines is 1. The van der Waals surface area contributed by atoms with Gasteiger partial charge in [-0.1, -0.05) is 12.8 Å². The Morgan fingerprint density at radius 2 is 1.85 bits per heavy atom. The first-order valence-electron chi connectivity index (χ1n) is 8.35. The standard InChI is InChI=1S/C20H21F2N3OS/c1-24(2)16-8-13(11-25(3)12-16)17-10-15(23-27)5-7-19(17)26-20-6-4-14(21)9-18(20)22/h4-11,23,27H,12H2,1-3H3. The molecule has 2 aromatic rings. The lowest BCUT2D eigenvalue weighted by Gasteiger charge is -2.28. The van der Waals surface area contributed by atoms with Gasteiger partial charge in [0.15, 0.2) is 11.6 Å². The number of halogens is 2. The highest BCUT2D eigenvalue weighted by molar-refractivity contribution is 7.81. The fourth-order valence-corrected chi connectivity index (χ4v) is 2.95. The van der Waals surface area contributed by atoms with Crippen LogP contribution < -0.4 is 9.46 Å². The summed E-state index contributed by atoms with van der Waals surface area (Å²) in [5.74, 6) is -0.976. The van der Waals surface area contributed by atoms with Crippen LogP contribution in [0.1, 0.15) is 5.56 Å². The molecule has 1 heterocycles. The fraction of sp³-hybridized carbons (Fsp3) is 0.200. The Hall–Kier alpha value is -2.67. The summed E-state index contributed by atoms with van der Waals surface area (Å²) >= 11 is 4.10. The lowest BCUT2D eigenvalue weighted by molar-refractivity contribution is 0.403. The van der Waals surface area contributed by atoms with Crippen molar-refractivity contribution in [3.8, 4) is 11.5 Å². The smallest absolute Gasteiger partial charge is 0.168 e. The molecule has 2 aromatic carbocycles. The van der Waals surface area contributed by atoms with Crippen molar-refractivity contribution in [1.82, 2.24) is 9.80 Å². The largest absolute Gasteiger partial charge is 0.454 e. The monoisotopic (exact) mass is 389 g/mol. The summed E-state index contributed by atoms with van der Waals surface area (Å²) in [4.78, 5) is 4.11. The summed E-state index contributed by atoms with van der Waals surface area (Å²) < 4.78 is 35.8. The minimum Gasteiger partial charge on any atom is -0.454 e. The molecule has 0 saturated heterocycles. The summed E-state index contributed by atoms with van der Waals surface area (Å²) in [5.41, 5.74) is 3.58. The molecule has 0 atom stereocenters. The first-order chi connectivity index (χ1) is 12.9. The zero-order valence-electron chi connectivity index (χ0n) is 15.3. The Morgan fingerprint density at radius 3 is 2.52 bits per heavy atom. The van der Waals surface area contributed by atoms with Gasteiger partial charge in [0.2, 0.25) is 0 Å². The topological polar surface area (TPSA) is 27.7 Å². The van der Waals surface area contributed by atoms with E-state index in [9.17, 15) is 8.78 Å². The van der Waals surface area contributed by atoms with Crippen LogP contribution >= 0.6 is 12.8 Å². The van der Waals surface area contributed by atoms with Crippen LogP contribution in [0.3, 0.4) is 0 Å². The van der Waals surface area contributed by atoms with E-state index in [1.54, 1.807) is 12.1 Å². The highest BCUT2D eigenvalue weighted by atomic mass is 32.1. The Kier molecular flexibility index (Phi) is 5.60. The molecule has 0 spiro atoms. The number of allylic oxidation sites excluding steroid dienone is 2. The van der Waals surface area contributed by atoms with E-state index in [0.717, 1.165) is 35.1 Å². The summed E-state index contributed by atoms with van der Waals surface area (Å²) in [6.45, 7) is 0.782. The fourth-order valence-electron chi connectivity index (χ4n) is 2.81. The molecule has 142 valence electrons. The molecular weight excluding hydrogens is 368 g/mol. The van der Waals surface area contributed by atoms with Gasteiger partial charge in [0.25, 0.3) is 0 Å². The predicted octanol–water partition coefficient (Wildman–Crippen LogP) is 4.75. The van der Waals surface area contributed by atoms with Crippen LogP contribution in [0.25, 0.3) is 5.57 Å². The second-order valence-electron chi connectivity index (χ2n) is 6.53. The molecule has 0 radical (unpaired) electrons. The molecule has 0 unspecified atom stereocenters. The van der Waals surface area contributed by atoms with Crippen molar-refractivity contribution in [3.63, 3.8) is 0 Å². The number of hydrogen-bond acceptors (Lipinski definition) is 5. The maximum absolute atomic E-state index is 14.1. The number of ether oxygens (including phenoxy) is 1. The minimum atomic E-state index is -0.753. The van der Waals surface area contributed by atoms with Crippen LogP contribution in [0.5, 0.6) is 11.5 Å². The molecular formula is C20H21F2N3OS. The van der Waals surface area contributed by atoms with Crippen molar-refractivity contribution < 1.29 is 13.5 Å². The van der Waals surface area contributed by atoms with E-state index in [1.807, 2.05) is 38.3 Å². The summed E-state index contributed by atoms with van der Waals surface area (Å²) in [6, 6.07) is 8.63. The Morgan fingerprint density at radius 1 is 1.11 bits per heavy atom. The maximum Gasteiger partial charge on any atom is 0.168 e. The number of nitrogens with one attached hydrogen (secondary N) is 1. The molecule has 27 heavy (non-hydrogen) atoms. The van der Waals surface area contributed by atoms with Gasteiger partial charge in [0.1, 0.15) is 11.6 Å². The number of nitrogens with zero attached hydrogens (tertiary/aromatic N) is 2. The number of rotatable bonds is 5. The van der Waals surface area contributed by atoms with Gasteiger partial charge in [-0.15, -0.1) is 0 Å². The van der Waals surface area contributed by atoms with Gasteiger partial charge < -0.3 is 19.3 Å². The molecule has 7 heteroatoms. The van der Waals surface area contributed by atoms with Gasteiger partial charge >= 0.3 is 0 Å². The third-order valence-electron chi connectivity index (χ3n) is 4.20. The van der Waals surface area contributed by atoms with E-state index < -0.39 is 11.6 Å². The molecule has 0 aromatic heterocycles. The van der Waals surface area contributed by atoms with E-state index in [0.29, 0.717) is 5.75 Å². The van der Waals surface area contributed by atoms with Crippen LogP contribution in [0.4, 0.5) is 14.5 Å². The molecule has 0 aliphatic carbocycles. The molecule has 0 fully saturated rings. The number of likely N-dealkylation sites (N-methyl/N-ethyl adjacent to an activating group) is 2. The Bertz CT molecular complexity index is 912. The van der Waals surface area contributed by atoms with Gasteiger partial charge in [-0.2, -0.15) is 0 Å². The van der Waals surface area contributed by atoms with Crippen molar-refractivity contribution in [2.24, 2.45) is 0 Å². The number of hydrogen-bond donors (Lipinski definition) is 2. The lowest BCUT2D eigenvalue weighted by Crippen LogP contribution is -2.26. The third kappa shape index (κ3) is 4.36. The Balaban J connectivity index is 2.06. The first kappa shape index (κ1) is 19.1. The zero-order chi connectivity index (χ0) is 19.6. The second kappa shape index (κ2) is 7.92. The summed E-state index contributed by atoms with van der Waals surface area (Å²) in [5, 5.41) is 0. The van der Waals surface area contributed by atoms with Gasteiger partial charge in [0.05, 0.1) is 6.54 Å². The quantitative estimate of drug-likeness (QED) is 0.722. The van der Waals surface area contributed by atoms with Crippen molar-refractivity contribution in [2.45, 2.75) is 0 Å². The van der Waals surface area contributed by atoms with Gasteiger partial charge in [-0.3, -0.25) is 0 Å². The van der Waals surface area contributed by atoms with Crippen LogP contribution in [-0.4, -0.2) is 37.5 Å². The van der Waals surface area contributed by atoms with Crippen LogP contribution in [0, 0.1) is 11.6 Å². The molecule has 0 saturated carbocycles. The van der Waals surface area contributed by atoms with Crippen LogP contribution in [0.2, 0.25) is 0 Å². The summed E-state index contributed by atoms with van der Waals surface area (Å²) in [6.07, 6.45) is 4.06. The molecule has 3 rings (SSSR count). The van der Waals surface area contributed by atoms with E-state index in [-0.39, 0.29) is 5.75 Å². The normalized spacial score (nSPS) is 13.8. The first-order valence-corrected chi connectivity index (χ1v) is 8.79. The van der Waals surface area contributed by atoms with Crippen LogP contribution in [-0.2, 0) is 0 Å². The average Bonchev–Trinajstić information content (AvgIpc) is 2.63. The molecule has 0 amide bonds. The van der Waals surface area contributed by atoms with Crippen molar-refractivity contribution >= 4 is 24.1 Å². The number of thiol groups is 1. The SMILES string of the molecule is CN1C=C(c2cc(NS)ccc2Oc2ccc(F)cc2F)C=C(N(C)C)C1. The third-order valence-corrected chi connectivity index (χ3v) is 4.46.